The molecule has 0 radical (unpaired) electrons. The smallest absolute Gasteiger partial charge is 0.00442 e. The van der Waals surface area contributed by atoms with Crippen LogP contribution in [0.3, 0.4) is 0 Å². The number of hydrogen-bond acceptors (Lipinski definition) is 2. The normalized spacial score (nSPS) is 16.9. The first kappa shape index (κ1) is 10.9. The van der Waals surface area contributed by atoms with Crippen molar-refractivity contribution in [2.45, 2.75) is 39.7 Å². The van der Waals surface area contributed by atoms with Crippen LogP contribution in [-0.4, -0.2) is 12.6 Å². The van der Waals surface area contributed by atoms with Gasteiger partial charge in [0.25, 0.3) is 0 Å². The molecule has 4 N–H and O–H groups in total. The summed E-state index contributed by atoms with van der Waals surface area (Å²) in [5, 5.41) is 0. The first-order valence-corrected chi connectivity index (χ1v) is 4.51. The Bertz CT molecular complexity index is 91.6. The van der Waals surface area contributed by atoms with Gasteiger partial charge in [-0.15, -0.1) is 0 Å². The molecule has 68 valence electrons. The first-order chi connectivity index (χ1) is 5.06. The average Bonchev–Trinajstić information content (AvgIpc) is 1.85. The molecule has 0 fully saturated rings. The molecular formula is C9H22N2. The van der Waals surface area contributed by atoms with E-state index in [-0.39, 0.29) is 0 Å². The highest BCUT2D eigenvalue weighted by Crippen LogP contribution is 2.10. The second-order valence-electron chi connectivity index (χ2n) is 3.97. The molecule has 2 unspecified atom stereocenters. The lowest BCUT2D eigenvalue weighted by molar-refractivity contribution is 0.410. The molecule has 0 spiro atoms. The summed E-state index contributed by atoms with van der Waals surface area (Å²) in [6, 6.07) is 0.341. The molecule has 0 bridgehead atoms. The molecule has 0 saturated carbocycles. The van der Waals surface area contributed by atoms with Crippen molar-refractivity contribution in [3.05, 3.63) is 0 Å². The summed E-state index contributed by atoms with van der Waals surface area (Å²) in [4.78, 5) is 0. The highest BCUT2D eigenvalue weighted by atomic mass is 14.6. The minimum absolute atomic E-state index is 0.341. The van der Waals surface area contributed by atoms with Gasteiger partial charge in [-0.3, -0.25) is 0 Å². The van der Waals surface area contributed by atoms with Gasteiger partial charge in [-0.1, -0.05) is 20.8 Å². The first-order valence-electron chi connectivity index (χ1n) is 4.51. The van der Waals surface area contributed by atoms with Gasteiger partial charge >= 0.3 is 0 Å². The summed E-state index contributed by atoms with van der Waals surface area (Å²) in [7, 11) is 0. The average molecular weight is 158 g/mol. The van der Waals surface area contributed by atoms with Crippen LogP contribution in [0.1, 0.15) is 33.6 Å². The van der Waals surface area contributed by atoms with E-state index in [2.05, 4.69) is 20.8 Å². The van der Waals surface area contributed by atoms with E-state index in [1.807, 2.05) is 0 Å². The second-order valence-corrected chi connectivity index (χ2v) is 3.97. The molecule has 0 rings (SSSR count). The van der Waals surface area contributed by atoms with Crippen molar-refractivity contribution >= 4 is 0 Å². The van der Waals surface area contributed by atoms with E-state index in [4.69, 9.17) is 11.5 Å². The van der Waals surface area contributed by atoms with Gasteiger partial charge < -0.3 is 11.5 Å². The highest BCUT2D eigenvalue weighted by Gasteiger charge is 2.08. The summed E-state index contributed by atoms with van der Waals surface area (Å²) in [5.41, 5.74) is 11.4. The standard InChI is InChI=1S/C9H22N2/c1-7(2)4-9(11)5-8(3)6-10/h7-9H,4-6,10-11H2,1-3H3. The largest absolute Gasteiger partial charge is 0.330 e. The molecule has 2 nitrogen and oxygen atoms in total. The molecule has 0 aliphatic rings. The molecule has 0 aliphatic carbocycles. The summed E-state index contributed by atoms with van der Waals surface area (Å²) >= 11 is 0. The van der Waals surface area contributed by atoms with Crippen molar-refractivity contribution in [2.75, 3.05) is 6.54 Å². The zero-order chi connectivity index (χ0) is 8.85. The fourth-order valence-corrected chi connectivity index (χ4v) is 1.31. The monoisotopic (exact) mass is 158 g/mol. The zero-order valence-electron chi connectivity index (χ0n) is 8.01. The topological polar surface area (TPSA) is 52.0 Å². The second kappa shape index (κ2) is 5.56. The maximum Gasteiger partial charge on any atom is 0.00442 e. The van der Waals surface area contributed by atoms with Crippen LogP contribution in [0.25, 0.3) is 0 Å². The molecule has 0 saturated heterocycles. The van der Waals surface area contributed by atoms with Crippen LogP contribution in [0.4, 0.5) is 0 Å². The molecular weight excluding hydrogens is 136 g/mol. The Kier molecular flexibility index (Phi) is 5.51. The van der Waals surface area contributed by atoms with Crippen molar-refractivity contribution in [3.8, 4) is 0 Å². The minimum atomic E-state index is 0.341. The van der Waals surface area contributed by atoms with Crippen LogP contribution in [0, 0.1) is 11.8 Å². The van der Waals surface area contributed by atoms with E-state index in [1.165, 1.54) is 0 Å². The Morgan fingerprint density at radius 1 is 1.09 bits per heavy atom. The van der Waals surface area contributed by atoms with E-state index in [1.54, 1.807) is 0 Å². The maximum absolute atomic E-state index is 5.90. The lowest BCUT2D eigenvalue weighted by Gasteiger charge is -2.17. The van der Waals surface area contributed by atoms with Gasteiger partial charge in [-0.2, -0.15) is 0 Å². The molecule has 11 heavy (non-hydrogen) atoms. The lowest BCUT2D eigenvalue weighted by Crippen LogP contribution is -2.27. The lowest BCUT2D eigenvalue weighted by atomic mass is 9.96. The van der Waals surface area contributed by atoms with E-state index < -0.39 is 0 Å². The Balaban J connectivity index is 3.43. The van der Waals surface area contributed by atoms with Crippen molar-refractivity contribution < 1.29 is 0 Å². The summed E-state index contributed by atoms with van der Waals surface area (Å²) < 4.78 is 0. The van der Waals surface area contributed by atoms with Gasteiger partial charge in [0.15, 0.2) is 0 Å². The van der Waals surface area contributed by atoms with Crippen molar-refractivity contribution in [1.82, 2.24) is 0 Å². The molecule has 2 heteroatoms. The Morgan fingerprint density at radius 2 is 1.64 bits per heavy atom. The zero-order valence-corrected chi connectivity index (χ0v) is 8.01. The molecule has 0 aromatic carbocycles. The molecule has 0 aliphatic heterocycles. The predicted molar refractivity (Wildman–Crippen MR) is 50.3 cm³/mol. The molecule has 0 heterocycles. The molecule has 0 amide bonds. The predicted octanol–water partition coefficient (Wildman–Crippen LogP) is 1.34. The van der Waals surface area contributed by atoms with Crippen LogP contribution in [0.2, 0.25) is 0 Å². The Labute approximate surface area is 70.3 Å². The van der Waals surface area contributed by atoms with Gasteiger partial charge in [0.2, 0.25) is 0 Å². The fourth-order valence-electron chi connectivity index (χ4n) is 1.31. The number of hydrogen-bond donors (Lipinski definition) is 2. The summed E-state index contributed by atoms with van der Waals surface area (Å²) in [6.07, 6.45) is 2.18. The third kappa shape index (κ3) is 6.32. The summed E-state index contributed by atoms with van der Waals surface area (Å²) in [5.74, 6) is 1.28. The van der Waals surface area contributed by atoms with Gasteiger partial charge in [0.1, 0.15) is 0 Å². The van der Waals surface area contributed by atoms with Crippen LogP contribution in [-0.2, 0) is 0 Å². The third-order valence-electron chi connectivity index (χ3n) is 1.88. The van der Waals surface area contributed by atoms with Crippen LogP contribution >= 0.6 is 0 Å². The van der Waals surface area contributed by atoms with Gasteiger partial charge in [-0.25, -0.2) is 0 Å². The van der Waals surface area contributed by atoms with E-state index in [0.29, 0.717) is 17.9 Å². The summed E-state index contributed by atoms with van der Waals surface area (Å²) in [6.45, 7) is 7.31. The SMILES string of the molecule is CC(C)CC(N)CC(C)CN. The van der Waals surface area contributed by atoms with Crippen molar-refractivity contribution in [3.63, 3.8) is 0 Å². The number of nitrogens with two attached hydrogens (primary N) is 2. The Hall–Kier alpha value is -0.0800. The minimum Gasteiger partial charge on any atom is -0.330 e. The third-order valence-corrected chi connectivity index (χ3v) is 1.88. The van der Waals surface area contributed by atoms with Crippen LogP contribution < -0.4 is 11.5 Å². The van der Waals surface area contributed by atoms with Gasteiger partial charge in [-0.05, 0) is 31.2 Å². The van der Waals surface area contributed by atoms with Crippen LogP contribution in [0.5, 0.6) is 0 Å². The molecule has 2 atom stereocenters. The van der Waals surface area contributed by atoms with Crippen molar-refractivity contribution in [2.24, 2.45) is 23.3 Å². The van der Waals surface area contributed by atoms with Crippen molar-refractivity contribution in [1.29, 1.82) is 0 Å². The van der Waals surface area contributed by atoms with E-state index in [0.717, 1.165) is 19.4 Å². The van der Waals surface area contributed by atoms with Gasteiger partial charge in [0.05, 0.1) is 0 Å². The fraction of sp³-hybridized carbons (Fsp3) is 1.00. The number of rotatable bonds is 5. The van der Waals surface area contributed by atoms with E-state index >= 15 is 0 Å². The quantitative estimate of drug-likeness (QED) is 0.634. The molecule has 0 aromatic heterocycles. The molecule has 0 aromatic rings. The highest BCUT2D eigenvalue weighted by molar-refractivity contribution is 4.67. The Morgan fingerprint density at radius 3 is 2.00 bits per heavy atom. The van der Waals surface area contributed by atoms with Crippen LogP contribution in [0.15, 0.2) is 0 Å². The van der Waals surface area contributed by atoms with E-state index in [9.17, 15) is 0 Å². The van der Waals surface area contributed by atoms with Gasteiger partial charge in [0, 0.05) is 6.04 Å². The maximum atomic E-state index is 5.90.